The Morgan fingerprint density at radius 3 is 2.69 bits per heavy atom. The third-order valence-electron chi connectivity index (χ3n) is 2.76. The molecule has 2 nitrogen and oxygen atoms in total. The largest absolute Gasteiger partial charge is 0.381 e. The maximum Gasteiger partial charge on any atom is 0.0507 e. The standard InChI is InChI=1S/C11H23NO/c1-4-6-12(10(2)3)8-11-5-7-13-9-11/h10-11H,4-9H2,1-3H3. The van der Waals surface area contributed by atoms with E-state index in [0.717, 1.165) is 19.1 Å². The van der Waals surface area contributed by atoms with Crippen molar-refractivity contribution in [2.45, 2.75) is 39.7 Å². The second-order valence-corrected chi connectivity index (χ2v) is 4.32. The third kappa shape index (κ3) is 3.65. The van der Waals surface area contributed by atoms with Crippen molar-refractivity contribution < 1.29 is 4.74 Å². The SMILES string of the molecule is CCCN(CC1CCOC1)C(C)C. The van der Waals surface area contributed by atoms with Gasteiger partial charge in [0.2, 0.25) is 0 Å². The Morgan fingerprint density at radius 1 is 1.46 bits per heavy atom. The molecular weight excluding hydrogens is 162 g/mol. The predicted octanol–water partition coefficient (Wildman–Crippen LogP) is 2.14. The van der Waals surface area contributed by atoms with Gasteiger partial charge < -0.3 is 9.64 Å². The van der Waals surface area contributed by atoms with Crippen LogP contribution in [-0.2, 0) is 4.74 Å². The van der Waals surface area contributed by atoms with E-state index >= 15 is 0 Å². The van der Waals surface area contributed by atoms with E-state index in [9.17, 15) is 0 Å². The average Bonchev–Trinajstić information content (AvgIpc) is 2.56. The Bertz CT molecular complexity index is 130. The van der Waals surface area contributed by atoms with Crippen molar-refractivity contribution in [1.82, 2.24) is 4.90 Å². The molecule has 2 heteroatoms. The maximum absolute atomic E-state index is 5.39. The van der Waals surface area contributed by atoms with Gasteiger partial charge in [-0.1, -0.05) is 6.92 Å². The summed E-state index contributed by atoms with van der Waals surface area (Å²) in [5.41, 5.74) is 0. The molecule has 1 aliphatic heterocycles. The molecule has 1 heterocycles. The van der Waals surface area contributed by atoms with E-state index in [1.807, 2.05) is 0 Å². The zero-order valence-electron chi connectivity index (χ0n) is 9.25. The number of hydrogen-bond acceptors (Lipinski definition) is 2. The lowest BCUT2D eigenvalue weighted by molar-refractivity contribution is 0.152. The first kappa shape index (κ1) is 11.0. The van der Waals surface area contributed by atoms with Crippen LogP contribution >= 0.6 is 0 Å². The highest BCUT2D eigenvalue weighted by atomic mass is 16.5. The first-order valence-electron chi connectivity index (χ1n) is 5.55. The quantitative estimate of drug-likeness (QED) is 0.650. The highest BCUT2D eigenvalue weighted by Gasteiger charge is 2.19. The fourth-order valence-corrected chi connectivity index (χ4v) is 1.91. The average molecular weight is 185 g/mol. The summed E-state index contributed by atoms with van der Waals surface area (Å²) in [5, 5.41) is 0. The van der Waals surface area contributed by atoms with E-state index in [1.165, 1.54) is 25.9 Å². The number of rotatable bonds is 5. The van der Waals surface area contributed by atoms with E-state index in [0.29, 0.717) is 6.04 Å². The highest BCUT2D eigenvalue weighted by molar-refractivity contribution is 4.71. The van der Waals surface area contributed by atoms with Crippen molar-refractivity contribution in [2.75, 3.05) is 26.3 Å². The number of hydrogen-bond donors (Lipinski definition) is 0. The Kier molecular flexibility index (Phi) is 4.74. The molecule has 1 saturated heterocycles. The lowest BCUT2D eigenvalue weighted by Gasteiger charge is -2.28. The first-order chi connectivity index (χ1) is 6.24. The van der Waals surface area contributed by atoms with Gasteiger partial charge in [0.1, 0.15) is 0 Å². The summed E-state index contributed by atoms with van der Waals surface area (Å²) in [6.45, 7) is 11.2. The van der Waals surface area contributed by atoms with Crippen LogP contribution < -0.4 is 0 Å². The number of nitrogens with zero attached hydrogens (tertiary/aromatic N) is 1. The van der Waals surface area contributed by atoms with Crippen molar-refractivity contribution in [3.05, 3.63) is 0 Å². The predicted molar refractivity (Wildman–Crippen MR) is 55.9 cm³/mol. The molecule has 0 saturated carbocycles. The maximum atomic E-state index is 5.39. The second-order valence-electron chi connectivity index (χ2n) is 4.32. The summed E-state index contributed by atoms with van der Waals surface area (Å²) in [5.74, 6) is 0.786. The summed E-state index contributed by atoms with van der Waals surface area (Å²) in [7, 11) is 0. The van der Waals surface area contributed by atoms with Crippen LogP contribution in [0, 0.1) is 5.92 Å². The van der Waals surface area contributed by atoms with Gasteiger partial charge in [0.25, 0.3) is 0 Å². The van der Waals surface area contributed by atoms with Gasteiger partial charge in [-0.25, -0.2) is 0 Å². The Labute approximate surface area is 82.3 Å². The Balaban J connectivity index is 2.27. The fourth-order valence-electron chi connectivity index (χ4n) is 1.91. The molecule has 0 aromatic rings. The van der Waals surface area contributed by atoms with Crippen molar-refractivity contribution >= 4 is 0 Å². The molecule has 0 bridgehead atoms. The Morgan fingerprint density at radius 2 is 2.23 bits per heavy atom. The summed E-state index contributed by atoms with van der Waals surface area (Å²) in [6.07, 6.45) is 2.51. The minimum absolute atomic E-state index is 0.681. The normalized spacial score (nSPS) is 23.3. The minimum Gasteiger partial charge on any atom is -0.381 e. The molecule has 1 rings (SSSR count). The van der Waals surface area contributed by atoms with Gasteiger partial charge in [0.15, 0.2) is 0 Å². The summed E-state index contributed by atoms with van der Waals surface area (Å²) in [6, 6.07) is 0.681. The van der Waals surface area contributed by atoms with Gasteiger partial charge in [-0.3, -0.25) is 0 Å². The molecule has 0 N–H and O–H groups in total. The van der Waals surface area contributed by atoms with Gasteiger partial charge in [-0.05, 0) is 39.2 Å². The van der Waals surface area contributed by atoms with Crippen LogP contribution in [-0.4, -0.2) is 37.2 Å². The molecule has 0 spiro atoms. The van der Waals surface area contributed by atoms with Gasteiger partial charge in [0.05, 0.1) is 6.61 Å². The molecular formula is C11H23NO. The van der Waals surface area contributed by atoms with E-state index in [1.54, 1.807) is 0 Å². The summed E-state index contributed by atoms with van der Waals surface area (Å²) < 4.78 is 5.39. The molecule has 0 aromatic carbocycles. The minimum atomic E-state index is 0.681. The van der Waals surface area contributed by atoms with Gasteiger partial charge in [0, 0.05) is 19.2 Å². The molecule has 0 aliphatic carbocycles. The van der Waals surface area contributed by atoms with E-state index in [2.05, 4.69) is 25.7 Å². The van der Waals surface area contributed by atoms with Gasteiger partial charge >= 0.3 is 0 Å². The van der Waals surface area contributed by atoms with E-state index in [-0.39, 0.29) is 0 Å². The van der Waals surface area contributed by atoms with Crippen molar-refractivity contribution in [3.63, 3.8) is 0 Å². The van der Waals surface area contributed by atoms with Crippen LogP contribution in [0.1, 0.15) is 33.6 Å². The molecule has 1 fully saturated rings. The van der Waals surface area contributed by atoms with Crippen LogP contribution in [0.15, 0.2) is 0 Å². The van der Waals surface area contributed by atoms with Crippen LogP contribution in [0.4, 0.5) is 0 Å². The molecule has 1 unspecified atom stereocenters. The molecule has 1 atom stereocenters. The van der Waals surface area contributed by atoms with E-state index < -0.39 is 0 Å². The molecule has 13 heavy (non-hydrogen) atoms. The van der Waals surface area contributed by atoms with Crippen LogP contribution in [0.3, 0.4) is 0 Å². The zero-order valence-corrected chi connectivity index (χ0v) is 9.25. The van der Waals surface area contributed by atoms with Gasteiger partial charge in [-0.2, -0.15) is 0 Å². The van der Waals surface area contributed by atoms with Crippen LogP contribution in [0.2, 0.25) is 0 Å². The number of ether oxygens (including phenoxy) is 1. The summed E-state index contributed by atoms with van der Waals surface area (Å²) >= 11 is 0. The fraction of sp³-hybridized carbons (Fsp3) is 1.00. The molecule has 0 amide bonds. The van der Waals surface area contributed by atoms with Crippen molar-refractivity contribution in [1.29, 1.82) is 0 Å². The van der Waals surface area contributed by atoms with E-state index in [4.69, 9.17) is 4.74 Å². The third-order valence-corrected chi connectivity index (χ3v) is 2.76. The molecule has 0 radical (unpaired) electrons. The summed E-state index contributed by atoms with van der Waals surface area (Å²) in [4.78, 5) is 2.57. The van der Waals surface area contributed by atoms with Crippen molar-refractivity contribution in [2.24, 2.45) is 5.92 Å². The first-order valence-corrected chi connectivity index (χ1v) is 5.55. The van der Waals surface area contributed by atoms with Crippen molar-refractivity contribution in [3.8, 4) is 0 Å². The zero-order chi connectivity index (χ0) is 9.68. The lowest BCUT2D eigenvalue weighted by atomic mass is 10.1. The molecule has 1 aliphatic rings. The topological polar surface area (TPSA) is 12.5 Å². The monoisotopic (exact) mass is 185 g/mol. The molecule has 0 aromatic heterocycles. The highest BCUT2D eigenvalue weighted by Crippen LogP contribution is 2.15. The lowest BCUT2D eigenvalue weighted by Crippen LogP contribution is -2.36. The smallest absolute Gasteiger partial charge is 0.0507 e. The van der Waals surface area contributed by atoms with Crippen LogP contribution in [0.5, 0.6) is 0 Å². The second kappa shape index (κ2) is 5.61. The Hall–Kier alpha value is -0.0800. The van der Waals surface area contributed by atoms with Gasteiger partial charge in [-0.15, -0.1) is 0 Å². The van der Waals surface area contributed by atoms with Crippen LogP contribution in [0.25, 0.3) is 0 Å². The molecule has 78 valence electrons.